The zero-order chi connectivity index (χ0) is 12.4. The van der Waals surface area contributed by atoms with Gasteiger partial charge in [-0.25, -0.2) is 0 Å². The summed E-state index contributed by atoms with van der Waals surface area (Å²) in [6.45, 7) is -0.568. The molecule has 0 aromatic rings. The summed E-state index contributed by atoms with van der Waals surface area (Å²) in [4.78, 5) is 12.3. The van der Waals surface area contributed by atoms with Crippen LogP contribution in [0.1, 0.15) is 12.8 Å². The summed E-state index contributed by atoms with van der Waals surface area (Å²) in [6, 6.07) is 1.62. The van der Waals surface area contributed by atoms with E-state index < -0.39 is 30.7 Å². The molecule has 1 fully saturated rings. The van der Waals surface area contributed by atoms with Crippen molar-refractivity contribution in [2.75, 3.05) is 20.2 Å². The molecule has 0 N–H and O–H groups in total. The van der Waals surface area contributed by atoms with E-state index in [9.17, 15) is 18.0 Å². The van der Waals surface area contributed by atoms with Crippen LogP contribution in [0.4, 0.5) is 13.2 Å². The number of hydrogen-bond acceptors (Lipinski definition) is 3. The molecule has 7 heteroatoms. The number of carbonyl (C=O) groups is 1. The number of carbonyl (C=O) groups excluding carboxylic acids is 1. The quantitative estimate of drug-likeness (QED) is 0.720. The molecule has 0 aromatic carbocycles. The van der Waals surface area contributed by atoms with Gasteiger partial charge in [-0.2, -0.15) is 18.4 Å². The molecule has 1 rings (SSSR count). The van der Waals surface area contributed by atoms with Crippen LogP contribution in [-0.2, 0) is 9.53 Å². The summed E-state index contributed by atoms with van der Waals surface area (Å²) in [7, 11) is 0.978. The Morgan fingerprint density at radius 2 is 2.25 bits per heavy atom. The number of rotatable bonds is 2. The molecule has 4 nitrogen and oxygen atoms in total. The number of amides is 1. The zero-order valence-electron chi connectivity index (χ0n) is 8.67. The first-order valence-electron chi connectivity index (χ1n) is 4.63. The van der Waals surface area contributed by atoms with Crippen molar-refractivity contribution >= 4 is 5.91 Å². The van der Waals surface area contributed by atoms with Crippen LogP contribution >= 0.6 is 0 Å². The van der Waals surface area contributed by atoms with E-state index in [0.29, 0.717) is 0 Å². The highest BCUT2D eigenvalue weighted by atomic mass is 19.4. The first kappa shape index (κ1) is 12.8. The van der Waals surface area contributed by atoms with Crippen molar-refractivity contribution in [2.24, 2.45) is 0 Å². The predicted octanol–water partition coefficient (Wildman–Crippen LogP) is 1.08. The first-order valence-corrected chi connectivity index (χ1v) is 4.63. The Bertz CT molecular complexity index is 324. The normalized spacial score (nSPS) is 25.6. The molecule has 0 aliphatic carbocycles. The lowest BCUT2D eigenvalue weighted by Gasteiger charge is -2.29. The van der Waals surface area contributed by atoms with Gasteiger partial charge < -0.3 is 9.64 Å². The summed E-state index contributed by atoms with van der Waals surface area (Å²) < 4.78 is 42.7. The fourth-order valence-corrected chi connectivity index (χ4v) is 1.69. The summed E-state index contributed by atoms with van der Waals surface area (Å²) in [5, 5.41) is 8.29. The minimum absolute atomic E-state index is 0.0339. The number of nitriles is 1. The Balaban J connectivity index is 2.77. The molecular weight excluding hydrogens is 225 g/mol. The number of likely N-dealkylation sites (tertiary alicyclic amines) is 1. The molecule has 0 spiro atoms. The maximum atomic E-state index is 12.7. The standard InChI is InChI=1S/C9H11F3N2O2/c1-16-8(9(10,11)12)3-5-14(6-8)7(15)2-4-13/h2-3,5-6H2,1H3/t8-/m1/s1. The number of methoxy groups -OCH3 is 1. The van der Waals surface area contributed by atoms with Crippen LogP contribution in [0.3, 0.4) is 0 Å². The van der Waals surface area contributed by atoms with E-state index in [0.717, 1.165) is 12.0 Å². The van der Waals surface area contributed by atoms with E-state index in [4.69, 9.17) is 5.26 Å². The van der Waals surface area contributed by atoms with Crippen LogP contribution in [0.25, 0.3) is 0 Å². The van der Waals surface area contributed by atoms with Crippen LogP contribution < -0.4 is 0 Å². The second-order valence-electron chi connectivity index (χ2n) is 3.60. The maximum absolute atomic E-state index is 12.7. The smallest absolute Gasteiger partial charge is 0.367 e. The van der Waals surface area contributed by atoms with Gasteiger partial charge in [0.25, 0.3) is 0 Å². The summed E-state index contributed by atoms with van der Waals surface area (Å²) >= 11 is 0. The van der Waals surface area contributed by atoms with Crippen LogP contribution in [0.2, 0.25) is 0 Å². The van der Waals surface area contributed by atoms with Crippen LogP contribution in [0, 0.1) is 11.3 Å². The van der Waals surface area contributed by atoms with Crippen molar-refractivity contribution in [1.82, 2.24) is 4.90 Å². The number of ether oxygens (including phenoxy) is 1. The predicted molar refractivity (Wildman–Crippen MR) is 47.2 cm³/mol. The van der Waals surface area contributed by atoms with E-state index in [2.05, 4.69) is 4.74 Å². The largest absolute Gasteiger partial charge is 0.419 e. The second kappa shape index (κ2) is 4.29. The van der Waals surface area contributed by atoms with Gasteiger partial charge in [0.15, 0.2) is 5.60 Å². The Labute approximate surface area is 90.6 Å². The molecule has 0 radical (unpaired) electrons. The number of alkyl halides is 3. The monoisotopic (exact) mass is 236 g/mol. The van der Waals surface area contributed by atoms with E-state index in [-0.39, 0.29) is 13.0 Å². The molecule has 0 bridgehead atoms. The van der Waals surface area contributed by atoms with Gasteiger partial charge in [0.1, 0.15) is 6.42 Å². The molecule has 1 saturated heterocycles. The zero-order valence-corrected chi connectivity index (χ0v) is 8.67. The molecule has 0 aromatic heterocycles. The SMILES string of the molecule is CO[C@]1(C(F)(F)F)CCN(C(=O)CC#N)C1. The summed E-state index contributed by atoms with van der Waals surface area (Å²) in [5.74, 6) is -0.592. The van der Waals surface area contributed by atoms with Crippen molar-refractivity contribution < 1.29 is 22.7 Å². The molecule has 0 saturated carbocycles. The summed E-state index contributed by atoms with van der Waals surface area (Å²) in [5.41, 5.74) is -2.28. The van der Waals surface area contributed by atoms with E-state index in [1.807, 2.05) is 0 Å². The van der Waals surface area contributed by atoms with Gasteiger partial charge in [0, 0.05) is 20.1 Å². The van der Waals surface area contributed by atoms with Gasteiger partial charge in [0.2, 0.25) is 5.91 Å². The third kappa shape index (κ3) is 2.11. The van der Waals surface area contributed by atoms with Gasteiger partial charge in [-0.05, 0) is 0 Å². The van der Waals surface area contributed by atoms with Crippen LogP contribution in [0.5, 0.6) is 0 Å². The van der Waals surface area contributed by atoms with E-state index in [1.54, 1.807) is 6.07 Å². The minimum atomic E-state index is -4.51. The molecule has 0 unspecified atom stereocenters. The van der Waals surface area contributed by atoms with Crippen LogP contribution in [0.15, 0.2) is 0 Å². The first-order chi connectivity index (χ1) is 7.36. The molecule has 1 amide bonds. The molecule has 90 valence electrons. The second-order valence-corrected chi connectivity index (χ2v) is 3.60. The van der Waals surface area contributed by atoms with Crippen molar-refractivity contribution in [3.8, 4) is 6.07 Å². The topological polar surface area (TPSA) is 53.3 Å². The average molecular weight is 236 g/mol. The van der Waals surface area contributed by atoms with Gasteiger partial charge in [-0.15, -0.1) is 0 Å². The highest BCUT2D eigenvalue weighted by molar-refractivity contribution is 5.78. The highest BCUT2D eigenvalue weighted by Crippen LogP contribution is 2.40. The fourth-order valence-electron chi connectivity index (χ4n) is 1.69. The minimum Gasteiger partial charge on any atom is -0.367 e. The Morgan fingerprint density at radius 3 is 2.62 bits per heavy atom. The Kier molecular flexibility index (Phi) is 3.43. The van der Waals surface area contributed by atoms with E-state index in [1.165, 1.54) is 0 Å². The average Bonchev–Trinajstić information content (AvgIpc) is 2.62. The molecule has 1 heterocycles. The third-order valence-electron chi connectivity index (χ3n) is 2.72. The summed E-state index contributed by atoms with van der Waals surface area (Å²) in [6.07, 6.45) is -5.20. The van der Waals surface area contributed by atoms with Crippen molar-refractivity contribution in [3.63, 3.8) is 0 Å². The molecule has 16 heavy (non-hydrogen) atoms. The van der Waals surface area contributed by atoms with Crippen molar-refractivity contribution in [1.29, 1.82) is 5.26 Å². The van der Waals surface area contributed by atoms with Crippen molar-refractivity contribution in [3.05, 3.63) is 0 Å². The lowest BCUT2D eigenvalue weighted by atomic mass is 10.0. The van der Waals surface area contributed by atoms with Gasteiger partial charge in [0.05, 0.1) is 12.6 Å². The fraction of sp³-hybridized carbons (Fsp3) is 0.778. The van der Waals surface area contributed by atoms with E-state index >= 15 is 0 Å². The molecule has 1 aliphatic rings. The van der Waals surface area contributed by atoms with Gasteiger partial charge in [-0.3, -0.25) is 4.79 Å². The Hall–Kier alpha value is -1.29. The van der Waals surface area contributed by atoms with Gasteiger partial charge >= 0.3 is 6.18 Å². The van der Waals surface area contributed by atoms with Crippen molar-refractivity contribution in [2.45, 2.75) is 24.6 Å². The highest BCUT2D eigenvalue weighted by Gasteiger charge is 2.59. The molecule has 1 atom stereocenters. The maximum Gasteiger partial charge on any atom is 0.419 e. The molecular formula is C9H11F3N2O2. The number of nitrogens with zero attached hydrogens (tertiary/aromatic N) is 2. The lowest BCUT2D eigenvalue weighted by molar-refractivity contribution is -0.263. The number of halogens is 3. The van der Waals surface area contributed by atoms with Gasteiger partial charge in [-0.1, -0.05) is 0 Å². The lowest BCUT2D eigenvalue weighted by Crippen LogP contribution is -2.49. The molecule has 1 aliphatic heterocycles. The number of hydrogen-bond donors (Lipinski definition) is 0. The third-order valence-corrected chi connectivity index (χ3v) is 2.72. The van der Waals surface area contributed by atoms with Crippen LogP contribution in [-0.4, -0.2) is 42.8 Å². The Morgan fingerprint density at radius 1 is 1.62 bits per heavy atom.